The molecular weight excluding hydrogens is 1360 g/mol. The quantitative estimate of drug-likeness (QED) is 0.0182. The Labute approximate surface area is 566 Å². The summed E-state index contributed by atoms with van der Waals surface area (Å²) in [5.41, 5.74) is 7.73. The second kappa shape index (κ2) is 31.0. The number of allylic oxidation sites excluding steroid dienone is 2. The Balaban J connectivity index is 0.000000261. The minimum Gasteiger partial charge on any atom is -0.496 e. The van der Waals surface area contributed by atoms with E-state index in [1.807, 2.05) is 36.4 Å². The first-order chi connectivity index (χ1) is 43.1. The molecule has 0 saturated carbocycles. The van der Waals surface area contributed by atoms with Crippen LogP contribution in [0.1, 0.15) is 47.8 Å². The highest BCUT2D eigenvalue weighted by atomic mass is 79.9. The molecule has 2 atom stereocenters. The zero-order valence-corrected chi connectivity index (χ0v) is 65.4. The van der Waals surface area contributed by atoms with Crippen LogP contribution in [-0.2, 0) is 75.8 Å². The van der Waals surface area contributed by atoms with Crippen LogP contribution in [-0.4, -0.2) is 127 Å². The van der Waals surface area contributed by atoms with Gasteiger partial charge in [0.25, 0.3) is 0 Å². The van der Waals surface area contributed by atoms with E-state index in [-0.39, 0.29) is 0 Å². The molecule has 0 spiro atoms. The van der Waals surface area contributed by atoms with E-state index in [0.717, 1.165) is 124 Å². The molecule has 0 aliphatic heterocycles. The summed E-state index contributed by atoms with van der Waals surface area (Å²) >= 11 is 7.28. The fourth-order valence-electron chi connectivity index (χ4n) is 11.3. The molecular formula is C70H100Br2N6O10Si4. The van der Waals surface area contributed by atoms with E-state index >= 15 is 0 Å². The van der Waals surface area contributed by atoms with Gasteiger partial charge in [0.15, 0.2) is 0 Å². The number of ether oxygens (including phenoxy) is 8. The molecule has 0 aliphatic carbocycles. The van der Waals surface area contributed by atoms with Gasteiger partial charge in [0, 0.05) is 114 Å². The van der Waals surface area contributed by atoms with Crippen molar-refractivity contribution in [2.45, 2.75) is 168 Å². The monoisotopic (exact) mass is 1450 g/mol. The zero-order valence-electron chi connectivity index (χ0n) is 58.2. The Kier molecular flexibility index (Phi) is 24.9. The Morgan fingerprint density at radius 2 is 0.859 bits per heavy atom. The van der Waals surface area contributed by atoms with Gasteiger partial charge < -0.3 is 56.2 Å². The Hall–Kier alpha value is -5.41. The van der Waals surface area contributed by atoms with Crippen molar-refractivity contribution in [2.24, 2.45) is 0 Å². The van der Waals surface area contributed by atoms with E-state index in [4.69, 9.17) is 47.9 Å². The number of hydrogen-bond donors (Lipinski definition) is 0. The van der Waals surface area contributed by atoms with Crippen molar-refractivity contribution in [3.63, 3.8) is 0 Å². The summed E-state index contributed by atoms with van der Waals surface area (Å²) in [5.74, 6) is 1.99. The molecule has 4 heterocycles. The molecule has 500 valence electrons. The Morgan fingerprint density at radius 3 is 1.25 bits per heavy atom. The normalized spacial score (nSPS) is 14.0. The summed E-state index contributed by atoms with van der Waals surface area (Å²) < 4.78 is 57.8. The molecule has 0 radical (unpaired) electrons. The van der Waals surface area contributed by atoms with Crippen LogP contribution < -0.4 is 9.47 Å². The van der Waals surface area contributed by atoms with Gasteiger partial charge in [-0.25, -0.2) is 19.6 Å². The van der Waals surface area contributed by atoms with Crippen molar-refractivity contribution in [1.82, 2.24) is 28.2 Å². The van der Waals surface area contributed by atoms with E-state index in [0.29, 0.717) is 51.6 Å². The molecule has 4 aromatic heterocycles. The van der Waals surface area contributed by atoms with Crippen LogP contribution in [0.2, 0.25) is 103 Å². The molecule has 0 saturated heterocycles. The van der Waals surface area contributed by atoms with Gasteiger partial charge in [0.2, 0.25) is 0 Å². The largest absolute Gasteiger partial charge is 0.496 e. The molecule has 92 heavy (non-hydrogen) atoms. The van der Waals surface area contributed by atoms with E-state index in [2.05, 4.69) is 205 Å². The third-order valence-electron chi connectivity index (χ3n) is 16.6. The lowest BCUT2D eigenvalue weighted by atomic mass is 9.78. The summed E-state index contributed by atoms with van der Waals surface area (Å²) in [5, 5.41) is 2.00. The van der Waals surface area contributed by atoms with Crippen molar-refractivity contribution in [2.75, 3.05) is 54.9 Å². The molecule has 22 heteroatoms. The van der Waals surface area contributed by atoms with Crippen LogP contribution in [0.15, 0.2) is 106 Å². The minimum absolute atomic E-state index is 0.317. The van der Waals surface area contributed by atoms with Gasteiger partial charge in [0.1, 0.15) is 50.1 Å². The number of rotatable bonds is 30. The maximum atomic E-state index is 12.6. The Bertz CT molecular complexity index is 3790. The van der Waals surface area contributed by atoms with E-state index in [9.17, 15) is 9.59 Å². The smallest absolute Gasteiger partial charge is 0.330 e. The predicted octanol–water partition coefficient (Wildman–Crippen LogP) is 17.5. The number of methoxy groups -OCH3 is 4. The van der Waals surface area contributed by atoms with Crippen LogP contribution in [0.3, 0.4) is 0 Å². The molecule has 0 amide bonds. The van der Waals surface area contributed by atoms with E-state index in [1.54, 1.807) is 14.2 Å². The predicted molar refractivity (Wildman–Crippen MR) is 393 cm³/mol. The van der Waals surface area contributed by atoms with Crippen LogP contribution in [0.25, 0.3) is 43.9 Å². The number of halogens is 2. The average molecular weight is 1460 g/mol. The van der Waals surface area contributed by atoms with Gasteiger partial charge in [-0.15, -0.1) is 0 Å². The number of carbonyl (C=O) groups excluding carboxylic acids is 2. The van der Waals surface area contributed by atoms with Crippen LogP contribution in [0.4, 0.5) is 0 Å². The van der Waals surface area contributed by atoms with Gasteiger partial charge in [-0.05, 0) is 124 Å². The van der Waals surface area contributed by atoms with Crippen LogP contribution >= 0.6 is 31.9 Å². The van der Waals surface area contributed by atoms with Gasteiger partial charge in [-0.1, -0.05) is 123 Å². The van der Waals surface area contributed by atoms with Gasteiger partial charge >= 0.3 is 11.9 Å². The van der Waals surface area contributed by atoms with E-state index in [1.165, 1.54) is 26.4 Å². The second-order valence-electron chi connectivity index (χ2n) is 29.1. The summed E-state index contributed by atoms with van der Waals surface area (Å²) in [7, 11) is 1.14. The number of carbonyl (C=O) groups is 2. The average Bonchev–Trinajstić information content (AvgIpc) is 1.51. The highest BCUT2D eigenvalue weighted by molar-refractivity contribution is 9.10. The van der Waals surface area contributed by atoms with Crippen molar-refractivity contribution in [1.29, 1.82) is 0 Å². The fourth-order valence-corrected chi connectivity index (χ4v) is 15.0. The van der Waals surface area contributed by atoms with Crippen molar-refractivity contribution in [3.8, 4) is 11.5 Å². The first-order valence-electron chi connectivity index (χ1n) is 31.7. The van der Waals surface area contributed by atoms with Crippen LogP contribution in [0.5, 0.6) is 11.5 Å². The number of esters is 2. The summed E-state index contributed by atoms with van der Waals surface area (Å²) in [4.78, 5) is 35.7. The summed E-state index contributed by atoms with van der Waals surface area (Å²) in [6, 6.07) is 24.8. The molecule has 0 aliphatic rings. The van der Waals surface area contributed by atoms with Crippen molar-refractivity contribution < 1.29 is 47.5 Å². The van der Waals surface area contributed by atoms with Gasteiger partial charge in [-0.2, -0.15) is 0 Å². The Morgan fingerprint density at radius 1 is 0.489 bits per heavy atom. The maximum Gasteiger partial charge on any atom is 0.330 e. The number of aromatic nitrogens is 6. The molecule has 8 aromatic rings. The number of hydrogen-bond acceptors (Lipinski definition) is 12. The fraction of sp³-hybridized carbons (Fsp3) is 0.486. The van der Waals surface area contributed by atoms with Crippen molar-refractivity contribution in [3.05, 3.63) is 140 Å². The number of aryl methyl sites for hydroxylation is 2. The number of imidazole rings is 2. The SMILES string of the molecule is COC(=O)C=CC(C)(c1c(OC)cc(C)c2c1ccn2COCC[Si](C)(C)C)c1nc2cc(Br)ccc2n1COCC[Si](C)(C)C.COC(=O)C=CC(C)(c1c(OC)cc(C)c2c1ccn2COCC[Si](C)(C)C)c1nc2ccc(Br)cc2n1COCC[Si](C)(C)C. The standard InChI is InChI=1S/2C35H50BrN3O5Si2/c1-25-21-30(41-3)32(27-14-16-38(33(25)27)23-43-17-19-45(5,6)7)35(2,15-13-31(40)42-4)34-37-28-22-26(36)11-12-29(28)39(34)24-44-18-20-46(8,9)10;1-25-21-30(41-3)32(27-14-16-38(33(25)27)23-43-17-19-45(5,6)7)35(2,15-13-31(40)42-4)34-37-28-12-11-26(36)22-29(28)39(34)24-44-18-20-46(8,9)10/h2*11-16,21-22H,17-20,23-24H2,1-10H3. The minimum atomic E-state index is -1.29. The maximum absolute atomic E-state index is 12.6. The molecule has 16 nitrogen and oxygen atoms in total. The molecule has 4 aromatic carbocycles. The first-order valence-corrected chi connectivity index (χ1v) is 48.1. The molecule has 0 fully saturated rings. The lowest BCUT2D eigenvalue weighted by molar-refractivity contribution is -0.135. The summed E-state index contributed by atoms with van der Waals surface area (Å²) in [6.07, 6.45) is 10.9. The number of fused-ring (bicyclic) bond motifs is 4. The number of nitrogens with zero attached hydrogens (tertiary/aromatic N) is 6. The molecule has 0 N–H and O–H groups in total. The topological polar surface area (TPSA) is 153 Å². The van der Waals surface area contributed by atoms with Gasteiger partial charge in [0.05, 0.1) is 72.4 Å². The highest BCUT2D eigenvalue weighted by Crippen LogP contribution is 2.47. The highest BCUT2D eigenvalue weighted by Gasteiger charge is 2.40. The second-order valence-corrected chi connectivity index (χ2v) is 53.5. The van der Waals surface area contributed by atoms with Crippen LogP contribution in [0, 0.1) is 13.8 Å². The van der Waals surface area contributed by atoms with Crippen molar-refractivity contribution >= 4 is 120 Å². The zero-order chi connectivity index (χ0) is 67.7. The number of benzene rings is 4. The first kappa shape index (κ1) is 74.0. The third kappa shape index (κ3) is 18.5. The lowest BCUT2D eigenvalue weighted by Gasteiger charge is -2.30. The van der Waals surface area contributed by atoms with E-state index < -0.39 is 55.1 Å². The van der Waals surface area contributed by atoms with Gasteiger partial charge in [-0.3, -0.25) is 0 Å². The molecule has 0 bridgehead atoms. The summed E-state index contributed by atoms with van der Waals surface area (Å²) in [6.45, 7) is 40.9. The molecule has 2 unspecified atom stereocenters. The molecule has 8 rings (SSSR count). The lowest BCUT2D eigenvalue weighted by Crippen LogP contribution is -2.28. The third-order valence-corrected chi connectivity index (χ3v) is 24.4.